The number of carbonyl (C=O) groups is 1. The molecule has 2 fully saturated rings. The van der Waals surface area contributed by atoms with Gasteiger partial charge in [-0.25, -0.2) is 13.6 Å². The van der Waals surface area contributed by atoms with Crippen LogP contribution in [0.15, 0.2) is 12.1 Å². The highest BCUT2D eigenvalue weighted by molar-refractivity contribution is 5.90. The second kappa shape index (κ2) is 5.60. The van der Waals surface area contributed by atoms with Crippen LogP contribution in [0.4, 0.5) is 14.5 Å². The molecule has 1 aliphatic heterocycles. The Kier molecular flexibility index (Phi) is 3.80. The molecule has 1 aromatic carbocycles. The molecule has 0 bridgehead atoms. The minimum atomic E-state index is -1.16. The zero-order valence-corrected chi connectivity index (χ0v) is 11.9. The molecule has 3 rings (SSSR count). The Morgan fingerprint density at radius 1 is 1.29 bits per heavy atom. The lowest BCUT2D eigenvalue weighted by Gasteiger charge is -2.17. The van der Waals surface area contributed by atoms with Gasteiger partial charge in [0, 0.05) is 25.2 Å². The number of anilines is 1. The van der Waals surface area contributed by atoms with Crippen LogP contribution in [0, 0.1) is 11.6 Å². The number of hydrogen-bond acceptors (Lipinski definition) is 4. The standard InChI is InChI=1S/C15H18F2N2O2/c1-21-15(20)11-4-5-12(14(17)13(11)16)18-9-6-7-19(8-9)10-2-3-10/h4-5,9-10,18H,2-3,6-8H2,1H3. The van der Waals surface area contributed by atoms with Gasteiger partial charge in [0.15, 0.2) is 11.6 Å². The maximum absolute atomic E-state index is 14.0. The third kappa shape index (κ3) is 2.85. The Morgan fingerprint density at radius 2 is 2.05 bits per heavy atom. The van der Waals surface area contributed by atoms with E-state index in [-0.39, 0.29) is 17.3 Å². The van der Waals surface area contributed by atoms with Crippen LogP contribution in [-0.4, -0.2) is 43.2 Å². The van der Waals surface area contributed by atoms with E-state index in [0.29, 0.717) is 6.04 Å². The summed E-state index contributed by atoms with van der Waals surface area (Å²) in [5.74, 6) is -3.06. The summed E-state index contributed by atoms with van der Waals surface area (Å²) in [6.45, 7) is 1.84. The van der Waals surface area contributed by atoms with Crippen LogP contribution in [-0.2, 0) is 4.74 Å². The SMILES string of the molecule is COC(=O)c1ccc(NC2CCN(C3CC3)C2)c(F)c1F. The molecule has 0 aromatic heterocycles. The Morgan fingerprint density at radius 3 is 2.71 bits per heavy atom. The summed E-state index contributed by atoms with van der Waals surface area (Å²) in [5.41, 5.74) is -0.283. The summed E-state index contributed by atoms with van der Waals surface area (Å²) in [7, 11) is 1.14. The van der Waals surface area contributed by atoms with Gasteiger partial charge in [-0.15, -0.1) is 0 Å². The normalized spacial score (nSPS) is 22.3. The number of carbonyl (C=O) groups excluding carboxylic acids is 1. The second-order valence-corrected chi connectivity index (χ2v) is 5.64. The lowest BCUT2D eigenvalue weighted by molar-refractivity contribution is 0.0594. The maximum Gasteiger partial charge on any atom is 0.340 e. The first kappa shape index (κ1) is 14.3. The van der Waals surface area contributed by atoms with Crippen LogP contribution in [0.5, 0.6) is 0 Å². The quantitative estimate of drug-likeness (QED) is 0.866. The number of likely N-dealkylation sites (tertiary alicyclic amines) is 1. The second-order valence-electron chi connectivity index (χ2n) is 5.64. The van der Waals surface area contributed by atoms with Gasteiger partial charge in [-0.1, -0.05) is 0 Å². The van der Waals surface area contributed by atoms with Crippen molar-refractivity contribution < 1.29 is 18.3 Å². The van der Waals surface area contributed by atoms with Crippen LogP contribution < -0.4 is 5.32 Å². The van der Waals surface area contributed by atoms with E-state index < -0.39 is 17.6 Å². The first-order valence-electron chi connectivity index (χ1n) is 7.17. The van der Waals surface area contributed by atoms with Crippen molar-refractivity contribution in [3.63, 3.8) is 0 Å². The van der Waals surface area contributed by atoms with Gasteiger partial charge < -0.3 is 10.1 Å². The summed E-state index contributed by atoms with van der Waals surface area (Å²) in [6, 6.07) is 3.44. The number of hydrogen-bond donors (Lipinski definition) is 1. The molecule has 1 N–H and O–H groups in total. The van der Waals surface area contributed by atoms with E-state index in [1.54, 1.807) is 0 Å². The Bertz CT molecular complexity index is 561. The van der Waals surface area contributed by atoms with E-state index in [9.17, 15) is 13.6 Å². The fourth-order valence-corrected chi connectivity index (χ4v) is 2.82. The average molecular weight is 296 g/mol. The molecule has 21 heavy (non-hydrogen) atoms. The van der Waals surface area contributed by atoms with Crippen LogP contribution >= 0.6 is 0 Å². The van der Waals surface area contributed by atoms with E-state index in [2.05, 4.69) is 15.0 Å². The van der Waals surface area contributed by atoms with Gasteiger partial charge in [-0.3, -0.25) is 4.90 Å². The van der Waals surface area contributed by atoms with E-state index in [1.165, 1.54) is 25.0 Å². The Labute approximate surface area is 122 Å². The monoisotopic (exact) mass is 296 g/mol. The van der Waals surface area contributed by atoms with Crippen molar-refractivity contribution in [3.05, 3.63) is 29.3 Å². The highest BCUT2D eigenvalue weighted by Gasteiger charge is 2.34. The zero-order valence-electron chi connectivity index (χ0n) is 11.9. The molecule has 0 amide bonds. The summed E-state index contributed by atoms with van der Waals surface area (Å²) in [5, 5.41) is 3.04. The fourth-order valence-electron chi connectivity index (χ4n) is 2.82. The average Bonchev–Trinajstić information content (AvgIpc) is 3.23. The van der Waals surface area contributed by atoms with Crippen LogP contribution in [0.2, 0.25) is 0 Å². The zero-order chi connectivity index (χ0) is 15.0. The largest absolute Gasteiger partial charge is 0.465 e. The number of esters is 1. The Hall–Kier alpha value is -1.69. The number of ether oxygens (including phenoxy) is 1. The molecule has 1 aliphatic carbocycles. The molecular weight excluding hydrogens is 278 g/mol. The van der Waals surface area contributed by atoms with Crippen LogP contribution in [0.3, 0.4) is 0 Å². The maximum atomic E-state index is 14.0. The number of halogens is 2. The molecule has 4 nitrogen and oxygen atoms in total. The summed E-state index contributed by atoms with van der Waals surface area (Å²) in [6.07, 6.45) is 3.39. The molecule has 1 atom stereocenters. The van der Waals surface area contributed by atoms with Gasteiger partial charge >= 0.3 is 5.97 Å². The van der Waals surface area contributed by atoms with Crippen molar-refractivity contribution in [2.75, 3.05) is 25.5 Å². The van der Waals surface area contributed by atoms with Gasteiger partial charge in [-0.05, 0) is 31.4 Å². The number of benzene rings is 1. The highest BCUT2D eigenvalue weighted by Crippen LogP contribution is 2.31. The third-order valence-electron chi connectivity index (χ3n) is 4.13. The summed E-state index contributed by atoms with van der Waals surface area (Å²) >= 11 is 0. The molecule has 0 spiro atoms. The predicted octanol–water partition coefficient (Wildman–Crippen LogP) is 2.40. The molecule has 2 aliphatic rings. The van der Waals surface area contributed by atoms with Crippen molar-refractivity contribution in [3.8, 4) is 0 Å². The molecule has 1 saturated carbocycles. The molecule has 6 heteroatoms. The first-order valence-corrected chi connectivity index (χ1v) is 7.17. The first-order chi connectivity index (χ1) is 10.1. The molecule has 1 unspecified atom stereocenters. The number of rotatable bonds is 4. The number of nitrogens with one attached hydrogen (secondary N) is 1. The van der Waals surface area contributed by atoms with Gasteiger partial charge in [0.1, 0.15) is 0 Å². The Balaban J connectivity index is 1.71. The van der Waals surface area contributed by atoms with E-state index in [1.807, 2.05) is 0 Å². The summed E-state index contributed by atoms with van der Waals surface area (Å²) in [4.78, 5) is 13.7. The minimum absolute atomic E-state index is 0.0998. The van der Waals surface area contributed by atoms with E-state index >= 15 is 0 Å². The molecule has 1 saturated heterocycles. The van der Waals surface area contributed by atoms with Crippen LogP contribution in [0.1, 0.15) is 29.6 Å². The fraction of sp³-hybridized carbons (Fsp3) is 0.533. The number of nitrogens with zero attached hydrogens (tertiary/aromatic N) is 1. The summed E-state index contributed by atoms with van der Waals surface area (Å²) < 4.78 is 32.3. The number of methoxy groups -OCH3 is 1. The lowest BCUT2D eigenvalue weighted by Crippen LogP contribution is -2.28. The molecule has 114 valence electrons. The predicted molar refractivity (Wildman–Crippen MR) is 74.3 cm³/mol. The van der Waals surface area contributed by atoms with E-state index in [0.717, 1.165) is 26.6 Å². The van der Waals surface area contributed by atoms with Crippen molar-refractivity contribution in [2.24, 2.45) is 0 Å². The van der Waals surface area contributed by atoms with Crippen molar-refractivity contribution in [1.29, 1.82) is 0 Å². The van der Waals surface area contributed by atoms with Crippen molar-refractivity contribution in [2.45, 2.75) is 31.3 Å². The molecule has 0 radical (unpaired) electrons. The van der Waals surface area contributed by atoms with Gasteiger partial charge in [0.05, 0.1) is 18.4 Å². The topological polar surface area (TPSA) is 41.6 Å². The smallest absolute Gasteiger partial charge is 0.340 e. The molecular formula is C15H18F2N2O2. The van der Waals surface area contributed by atoms with Crippen molar-refractivity contribution >= 4 is 11.7 Å². The minimum Gasteiger partial charge on any atom is -0.465 e. The van der Waals surface area contributed by atoms with E-state index in [4.69, 9.17) is 0 Å². The highest BCUT2D eigenvalue weighted by atomic mass is 19.2. The van der Waals surface area contributed by atoms with Crippen LogP contribution in [0.25, 0.3) is 0 Å². The van der Waals surface area contributed by atoms with Gasteiger partial charge in [-0.2, -0.15) is 0 Å². The van der Waals surface area contributed by atoms with Gasteiger partial charge in [0.2, 0.25) is 0 Å². The lowest BCUT2D eigenvalue weighted by atomic mass is 10.1. The van der Waals surface area contributed by atoms with Gasteiger partial charge in [0.25, 0.3) is 0 Å². The third-order valence-corrected chi connectivity index (χ3v) is 4.13. The molecule has 1 aromatic rings. The van der Waals surface area contributed by atoms with Crippen molar-refractivity contribution in [1.82, 2.24) is 4.90 Å². The molecule has 1 heterocycles.